The summed E-state index contributed by atoms with van der Waals surface area (Å²) < 4.78 is 68.0. The normalized spacial score (nSPS) is 15.4. The number of nitrogens with zero attached hydrogens (tertiary/aromatic N) is 3. The van der Waals surface area contributed by atoms with E-state index in [1.165, 1.54) is 23.1 Å². The molecule has 2 aromatic carbocycles. The molecule has 0 radical (unpaired) electrons. The average Bonchev–Trinajstić information content (AvgIpc) is 2.72. The molecule has 31 heavy (non-hydrogen) atoms. The number of hydrogen-bond donors (Lipinski definition) is 0. The van der Waals surface area contributed by atoms with E-state index in [1.807, 2.05) is 0 Å². The molecule has 0 unspecified atom stereocenters. The molecule has 2 heterocycles. The van der Waals surface area contributed by atoms with Crippen LogP contribution < -0.4 is 0 Å². The number of benzene rings is 2. The van der Waals surface area contributed by atoms with E-state index in [1.54, 1.807) is 13.0 Å². The number of aromatic nitrogens is 1. The largest absolute Gasteiger partial charge is 0.336 e. The molecule has 0 atom stereocenters. The summed E-state index contributed by atoms with van der Waals surface area (Å²) in [6.07, 6.45) is 0. The van der Waals surface area contributed by atoms with Gasteiger partial charge in [0.2, 0.25) is 10.0 Å². The van der Waals surface area contributed by atoms with E-state index >= 15 is 0 Å². The van der Waals surface area contributed by atoms with Crippen LogP contribution in [0.3, 0.4) is 0 Å². The molecular formula is C21H18F3N3O3S. The minimum absolute atomic E-state index is 0.0399. The zero-order valence-corrected chi connectivity index (χ0v) is 17.3. The molecule has 0 aliphatic carbocycles. The number of amides is 1. The number of pyridine rings is 1. The van der Waals surface area contributed by atoms with Crippen LogP contribution in [0.2, 0.25) is 0 Å². The van der Waals surface area contributed by atoms with Crippen LogP contribution in [0.25, 0.3) is 10.9 Å². The molecule has 1 fully saturated rings. The summed E-state index contributed by atoms with van der Waals surface area (Å²) in [6, 6.07) is 8.42. The maximum atomic E-state index is 14.0. The summed E-state index contributed by atoms with van der Waals surface area (Å²) in [5.41, 5.74) is 1.22. The van der Waals surface area contributed by atoms with Gasteiger partial charge in [0.15, 0.2) is 4.90 Å². The minimum Gasteiger partial charge on any atom is -0.336 e. The molecule has 1 amide bonds. The number of fused-ring (bicyclic) bond motifs is 1. The van der Waals surface area contributed by atoms with Crippen molar-refractivity contribution < 1.29 is 26.4 Å². The molecule has 10 heteroatoms. The number of piperazine rings is 1. The fraction of sp³-hybridized carbons (Fsp3) is 0.238. The Balaban J connectivity index is 1.57. The second-order valence-corrected chi connectivity index (χ2v) is 9.09. The van der Waals surface area contributed by atoms with Gasteiger partial charge in [-0.3, -0.25) is 9.78 Å². The molecule has 1 saturated heterocycles. The third-order valence-corrected chi connectivity index (χ3v) is 7.12. The standard InChI is InChI=1S/C21H18F3N3O3S/c1-13-11-16(15-6-5-14(22)12-19(15)25-13)21(28)26-7-9-27(10-8-26)31(29,30)20-17(23)3-2-4-18(20)24/h2-6,11-12H,7-10H2,1H3. The van der Waals surface area contributed by atoms with Crippen LogP contribution in [0.15, 0.2) is 47.4 Å². The highest BCUT2D eigenvalue weighted by molar-refractivity contribution is 7.89. The lowest BCUT2D eigenvalue weighted by Crippen LogP contribution is -2.50. The number of sulfonamides is 1. The van der Waals surface area contributed by atoms with E-state index < -0.39 is 32.4 Å². The Labute approximate surface area is 177 Å². The van der Waals surface area contributed by atoms with Gasteiger partial charge >= 0.3 is 0 Å². The second-order valence-electron chi connectivity index (χ2n) is 7.22. The molecule has 0 saturated carbocycles. The summed E-state index contributed by atoms with van der Waals surface area (Å²) in [5.74, 6) is -3.15. The Bertz CT molecular complexity index is 1260. The molecule has 162 valence electrons. The first-order chi connectivity index (χ1) is 14.7. The summed E-state index contributed by atoms with van der Waals surface area (Å²) in [5, 5.41) is 0.487. The first-order valence-corrected chi connectivity index (χ1v) is 10.9. The average molecular weight is 449 g/mol. The van der Waals surface area contributed by atoms with Gasteiger partial charge in [-0.05, 0) is 37.3 Å². The summed E-state index contributed by atoms with van der Waals surface area (Å²) in [4.78, 5) is 17.8. The Kier molecular flexibility index (Phi) is 5.44. The molecule has 1 aliphatic heterocycles. The highest BCUT2D eigenvalue weighted by Crippen LogP contribution is 2.25. The molecule has 3 aromatic rings. The van der Waals surface area contributed by atoms with Gasteiger partial charge in [-0.25, -0.2) is 21.6 Å². The van der Waals surface area contributed by atoms with Gasteiger partial charge in [0, 0.05) is 43.3 Å². The molecule has 0 spiro atoms. The predicted molar refractivity (Wildman–Crippen MR) is 107 cm³/mol. The van der Waals surface area contributed by atoms with E-state index in [2.05, 4.69) is 4.98 Å². The first kappa shape index (κ1) is 21.3. The van der Waals surface area contributed by atoms with Crippen LogP contribution >= 0.6 is 0 Å². The van der Waals surface area contributed by atoms with Gasteiger partial charge in [-0.2, -0.15) is 4.31 Å². The van der Waals surface area contributed by atoms with Gasteiger partial charge in [0.25, 0.3) is 5.91 Å². The van der Waals surface area contributed by atoms with E-state index in [0.29, 0.717) is 22.2 Å². The van der Waals surface area contributed by atoms with Crippen LogP contribution in [0.4, 0.5) is 13.2 Å². The zero-order chi connectivity index (χ0) is 22.3. The fourth-order valence-electron chi connectivity index (χ4n) is 3.67. The summed E-state index contributed by atoms with van der Waals surface area (Å²) >= 11 is 0. The Morgan fingerprint density at radius 1 is 0.968 bits per heavy atom. The third kappa shape index (κ3) is 3.88. The van der Waals surface area contributed by atoms with Crippen LogP contribution in [0.5, 0.6) is 0 Å². The minimum atomic E-state index is -4.39. The summed E-state index contributed by atoms with van der Waals surface area (Å²) in [6.45, 7) is 1.54. The number of halogens is 3. The van der Waals surface area contributed by atoms with Crippen molar-refractivity contribution >= 4 is 26.8 Å². The lowest BCUT2D eigenvalue weighted by atomic mass is 10.1. The van der Waals surface area contributed by atoms with E-state index in [0.717, 1.165) is 22.5 Å². The smallest absolute Gasteiger partial charge is 0.254 e. The van der Waals surface area contributed by atoms with Crippen molar-refractivity contribution in [2.24, 2.45) is 0 Å². The first-order valence-electron chi connectivity index (χ1n) is 9.49. The van der Waals surface area contributed by atoms with Gasteiger partial charge < -0.3 is 4.90 Å². The monoisotopic (exact) mass is 449 g/mol. The molecule has 4 rings (SSSR count). The fourth-order valence-corrected chi connectivity index (χ4v) is 5.20. The third-order valence-electron chi connectivity index (χ3n) is 5.17. The number of carbonyl (C=O) groups is 1. The van der Waals surface area contributed by atoms with Gasteiger partial charge in [0.05, 0.1) is 11.1 Å². The van der Waals surface area contributed by atoms with E-state index in [9.17, 15) is 26.4 Å². The van der Waals surface area contributed by atoms with Crippen molar-refractivity contribution in [3.8, 4) is 0 Å². The van der Waals surface area contributed by atoms with E-state index in [-0.39, 0.29) is 32.1 Å². The van der Waals surface area contributed by atoms with Crippen LogP contribution in [0.1, 0.15) is 16.1 Å². The molecule has 0 N–H and O–H groups in total. The van der Waals surface area contributed by atoms with Crippen molar-refractivity contribution in [1.29, 1.82) is 0 Å². The van der Waals surface area contributed by atoms with Crippen LogP contribution in [-0.4, -0.2) is 54.7 Å². The highest BCUT2D eigenvalue weighted by Gasteiger charge is 2.34. The Morgan fingerprint density at radius 3 is 2.26 bits per heavy atom. The van der Waals surface area contributed by atoms with Gasteiger partial charge in [-0.1, -0.05) is 6.07 Å². The van der Waals surface area contributed by atoms with Crippen molar-refractivity contribution in [3.05, 3.63) is 71.2 Å². The summed E-state index contributed by atoms with van der Waals surface area (Å²) in [7, 11) is -4.39. The molecular weight excluding hydrogens is 431 g/mol. The van der Waals surface area contributed by atoms with E-state index in [4.69, 9.17) is 0 Å². The number of aryl methyl sites for hydroxylation is 1. The Morgan fingerprint density at radius 2 is 1.61 bits per heavy atom. The van der Waals surface area contributed by atoms with Crippen LogP contribution in [0, 0.1) is 24.4 Å². The molecule has 1 aromatic heterocycles. The molecule has 6 nitrogen and oxygen atoms in total. The SMILES string of the molecule is Cc1cc(C(=O)N2CCN(S(=O)(=O)c3c(F)cccc3F)CC2)c2ccc(F)cc2n1. The Hall–Kier alpha value is -2.98. The van der Waals surface area contributed by atoms with Gasteiger partial charge in [0.1, 0.15) is 17.5 Å². The number of hydrogen-bond acceptors (Lipinski definition) is 4. The zero-order valence-electron chi connectivity index (χ0n) is 16.5. The van der Waals surface area contributed by atoms with Gasteiger partial charge in [-0.15, -0.1) is 0 Å². The van der Waals surface area contributed by atoms with Crippen molar-refractivity contribution in [3.63, 3.8) is 0 Å². The second kappa shape index (κ2) is 7.93. The maximum Gasteiger partial charge on any atom is 0.254 e. The predicted octanol–water partition coefficient (Wildman–Crippen LogP) is 3.11. The van der Waals surface area contributed by atoms with Crippen molar-refractivity contribution in [2.75, 3.05) is 26.2 Å². The lowest BCUT2D eigenvalue weighted by molar-refractivity contribution is 0.0699. The number of carbonyl (C=O) groups excluding carboxylic acids is 1. The van der Waals surface area contributed by atoms with Crippen molar-refractivity contribution in [1.82, 2.24) is 14.2 Å². The topological polar surface area (TPSA) is 70.6 Å². The number of rotatable bonds is 3. The quantitative estimate of drug-likeness (QED) is 0.616. The molecule has 0 bridgehead atoms. The van der Waals surface area contributed by atoms with Crippen LogP contribution in [-0.2, 0) is 10.0 Å². The molecule has 1 aliphatic rings. The lowest BCUT2D eigenvalue weighted by Gasteiger charge is -2.34. The van der Waals surface area contributed by atoms with Crippen molar-refractivity contribution in [2.45, 2.75) is 11.8 Å². The maximum absolute atomic E-state index is 14.0. The highest BCUT2D eigenvalue weighted by atomic mass is 32.2.